The minimum atomic E-state index is -1.52. The van der Waals surface area contributed by atoms with E-state index in [0.29, 0.717) is 0 Å². The molecule has 1 heterocycles. The van der Waals surface area contributed by atoms with Crippen LogP contribution in [0.3, 0.4) is 0 Å². The van der Waals surface area contributed by atoms with Gasteiger partial charge in [-0.05, 0) is 0 Å². The van der Waals surface area contributed by atoms with Gasteiger partial charge in [-0.15, -0.1) is 0 Å². The molecular weight excluding hydrogens is 208 g/mol. The molecule has 1 fully saturated rings. The molecule has 0 radical (unpaired) electrons. The van der Waals surface area contributed by atoms with E-state index in [9.17, 15) is 20.1 Å². The summed E-state index contributed by atoms with van der Waals surface area (Å²) in [6.07, 6.45) is -6.78. The van der Waals surface area contributed by atoms with Crippen molar-refractivity contribution in [3.05, 3.63) is 0 Å². The zero-order valence-electron chi connectivity index (χ0n) is 7.78. The summed E-state index contributed by atoms with van der Waals surface area (Å²) in [5.74, 6) is 0. The summed E-state index contributed by atoms with van der Waals surface area (Å²) in [4.78, 5) is 10.5. The molecule has 8 heteroatoms. The molecule has 7 N–H and O–H groups in total. The molecule has 8 nitrogen and oxygen atoms in total. The number of aliphatic hydroxyl groups is 4. The van der Waals surface area contributed by atoms with Gasteiger partial charge in [-0.1, -0.05) is 0 Å². The fourth-order valence-electron chi connectivity index (χ4n) is 1.36. The van der Waals surface area contributed by atoms with Crippen molar-refractivity contribution >= 4 is 6.03 Å². The van der Waals surface area contributed by atoms with Gasteiger partial charge in [-0.25, -0.2) is 4.79 Å². The fourth-order valence-corrected chi connectivity index (χ4v) is 1.36. The van der Waals surface area contributed by atoms with Crippen LogP contribution in [0.1, 0.15) is 0 Å². The molecule has 1 aliphatic rings. The van der Waals surface area contributed by atoms with E-state index in [-0.39, 0.29) is 0 Å². The predicted molar refractivity (Wildman–Crippen MR) is 46.5 cm³/mol. The molecule has 0 bridgehead atoms. The average molecular weight is 222 g/mol. The lowest BCUT2D eigenvalue weighted by atomic mass is 9.98. The topological polar surface area (TPSA) is 145 Å². The summed E-state index contributed by atoms with van der Waals surface area (Å²) in [6, 6.07) is -0.945. The van der Waals surface area contributed by atoms with Crippen LogP contribution in [0, 0.1) is 0 Å². The second kappa shape index (κ2) is 4.73. The largest absolute Gasteiger partial charge is 0.394 e. The van der Waals surface area contributed by atoms with Crippen LogP contribution < -0.4 is 11.1 Å². The van der Waals surface area contributed by atoms with Gasteiger partial charge in [-0.3, -0.25) is 0 Å². The molecule has 0 saturated carbocycles. The number of nitrogens with two attached hydrogens (primary N) is 1. The van der Waals surface area contributed by atoms with Crippen molar-refractivity contribution in [1.82, 2.24) is 5.32 Å². The van der Waals surface area contributed by atoms with Crippen LogP contribution in [-0.2, 0) is 4.74 Å². The van der Waals surface area contributed by atoms with Crippen molar-refractivity contribution in [1.29, 1.82) is 0 Å². The lowest BCUT2D eigenvalue weighted by Gasteiger charge is -2.39. The number of rotatable bonds is 2. The van der Waals surface area contributed by atoms with Crippen LogP contribution in [0.5, 0.6) is 0 Å². The van der Waals surface area contributed by atoms with E-state index in [1.54, 1.807) is 0 Å². The highest BCUT2D eigenvalue weighted by atomic mass is 16.6. The molecular formula is C7H14N2O6. The van der Waals surface area contributed by atoms with Crippen molar-refractivity contribution in [2.24, 2.45) is 5.73 Å². The van der Waals surface area contributed by atoms with Crippen molar-refractivity contribution in [3.8, 4) is 0 Å². The molecule has 0 unspecified atom stereocenters. The van der Waals surface area contributed by atoms with Gasteiger partial charge in [0.25, 0.3) is 0 Å². The third-order valence-electron chi connectivity index (χ3n) is 2.18. The lowest BCUT2D eigenvalue weighted by Crippen LogP contribution is -2.63. The van der Waals surface area contributed by atoms with Crippen LogP contribution in [0.4, 0.5) is 4.79 Å². The zero-order chi connectivity index (χ0) is 11.6. The molecule has 1 rings (SSSR count). The number of aliphatic hydroxyl groups excluding tert-OH is 4. The first-order valence-electron chi connectivity index (χ1n) is 4.34. The maximum Gasteiger partial charge on any atom is 0.314 e. The summed E-state index contributed by atoms with van der Waals surface area (Å²) in [6.45, 7) is -0.554. The quantitative estimate of drug-likeness (QED) is 0.285. The Morgan fingerprint density at radius 3 is 2.33 bits per heavy atom. The molecule has 0 aromatic rings. The first-order valence-corrected chi connectivity index (χ1v) is 4.34. The lowest BCUT2D eigenvalue weighted by molar-refractivity contribution is -0.233. The van der Waals surface area contributed by atoms with Crippen LogP contribution in [-0.4, -0.2) is 63.7 Å². The van der Waals surface area contributed by atoms with Gasteiger partial charge in [0, 0.05) is 0 Å². The average Bonchev–Trinajstić information content (AvgIpc) is 2.18. The Kier molecular flexibility index (Phi) is 3.83. The van der Waals surface area contributed by atoms with Gasteiger partial charge in [-0.2, -0.15) is 0 Å². The molecule has 0 aliphatic carbocycles. The minimum absolute atomic E-state index is 0.554. The highest BCUT2D eigenvalue weighted by molar-refractivity contribution is 5.71. The predicted octanol–water partition coefficient (Wildman–Crippen LogP) is -3.55. The monoisotopic (exact) mass is 222 g/mol. The van der Waals surface area contributed by atoms with E-state index >= 15 is 0 Å². The van der Waals surface area contributed by atoms with Gasteiger partial charge in [0.05, 0.1) is 6.61 Å². The van der Waals surface area contributed by atoms with Gasteiger partial charge >= 0.3 is 6.03 Å². The maximum absolute atomic E-state index is 10.5. The second-order valence-corrected chi connectivity index (χ2v) is 3.26. The fraction of sp³-hybridized carbons (Fsp3) is 0.857. The summed E-state index contributed by atoms with van der Waals surface area (Å²) < 4.78 is 4.92. The zero-order valence-corrected chi connectivity index (χ0v) is 7.78. The maximum atomic E-state index is 10.5. The summed E-state index contributed by atoms with van der Waals surface area (Å²) in [5.41, 5.74) is 4.80. The van der Waals surface area contributed by atoms with E-state index in [2.05, 4.69) is 0 Å². The number of carbonyl (C=O) groups excluding carboxylic acids is 1. The Labute approximate surface area is 85.3 Å². The number of carbonyl (C=O) groups is 1. The Balaban J connectivity index is 2.69. The Hall–Kier alpha value is -0.930. The number of hydrogen-bond donors (Lipinski definition) is 6. The van der Waals surface area contributed by atoms with Gasteiger partial charge in [0.1, 0.15) is 24.4 Å². The van der Waals surface area contributed by atoms with Crippen LogP contribution in [0.2, 0.25) is 0 Å². The van der Waals surface area contributed by atoms with Gasteiger partial charge in [0.2, 0.25) is 0 Å². The normalized spacial score (nSPS) is 41.2. The van der Waals surface area contributed by atoms with Crippen molar-refractivity contribution in [2.75, 3.05) is 6.61 Å². The molecule has 15 heavy (non-hydrogen) atoms. The number of ether oxygens (including phenoxy) is 1. The molecule has 5 atom stereocenters. The van der Waals surface area contributed by atoms with E-state index < -0.39 is 43.3 Å². The summed E-state index contributed by atoms with van der Waals surface area (Å²) in [7, 11) is 0. The number of nitrogens with one attached hydrogen (secondary N) is 1. The van der Waals surface area contributed by atoms with E-state index in [4.69, 9.17) is 15.6 Å². The molecule has 1 saturated heterocycles. The highest BCUT2D eigenvalue weighted by Crippen LogP contribution is 2.19. The third-order valence-corrected chi connectivity index (χ3v) is 2.18. The third kappa shape index (κ3) is 2.55. The van der Waals surface area contributed by atoms with Crippen LogP contribution in [0.25, 0.3) is 0 Å². The first kappa shape index (κ1) is 12.1. The number of primary amides is 1. The van der Waals surface area contributed by atoms with Crippen molar-refractivity contribution < 1.29 is 30.0 Å². The van der Waals surface area contributed by atoms with Crippen LogP contribution in [0.15, 0.2) is 0 Å². The molecule has 2 amide bonds. The van der Waals surface area contributed by atoms with Gasteiger partial charge < -0.3 is 36.2 Å². The van der Waals surface area contributed by atoms with E-state index in [1.165, 1.54) is 0 Å². The molecule has 0 aromatic carbocycles. The number of hydrogen-bond acceptors (Lipinski definition) is 6. The molecule has 1 aliphatic heterocycles. The molecule has 88 valence electrons. The first-order chi connectivity index (χ1) is 6.97. The van der Waals surface area contributed by atoms with E-state index in [1.807, 2.05) is 5.32 Å². The standard InChI is InChI=1S/C7H14N2O6/c8-7(14)9-6-5(13)4(12)3(11)2(1-10)15-6/h2-6,10-13H,1H2,(H3,8,9,14)/t2-,3+,4-,5-,6-/m1/s1. The van der Waals surface area contributed by atoms with E-state index in [0.717, 1.165) is 0 Å². The Morgan fingerprint density at radius 1 is 1.27 bits per heavy atom. The second-order valence-electron chi connectivity index (χ2n) is 3.26. The van der Waals surface area contributed by atoms with Gasteiger partial charge in [0.15, 0.2) is 6.23 Å². The highest BCUT2D eigenvalue weighted by Gasteiger charge is 2.43. The Morgan fingerprint density at radius 2 is 1.87 bits per heavy atom. The van der Waals surface area contributed by atoms with Crippen molar-refractivity contribution in [3.63, 3.8) is 0 Å². The SMILES string of the molecule is NC(=O)N[C@@H]1O[C@H](CO)[C@H](O)[C@@H](O)[C@H]1O. The number of amides is 2. The minimum Gasteiger partial charge on any atom is -0.394 e. The summed E-state index contributed by atoms with van der Waals surface area (Å²) >= 11 is 0. The Bertz CT molecular complexity index is 236. The van der Waals surface area contributed by atoms with Crippen LogP contribution >= 0.6 is 0 Å². The molecule has 0 spiro atoms. The smallest absolute Gasteiger partial charge is 0.314 e. The number of urea groups is 1. The summed E-state index contributed by atoms with van der Waals surface area (Å²) in [5, 5.41) is 38.9. The molecule has 0 aromatic heterocycles. The van der Waals surface area contributed by atoms with Crippen molar-refractivity contribution in [2.45, 2.75) is 30.6 Å².